The number of nitrogens with one attached hydrogen (secondary N) is 1. The minimum Gasteiger partial charge on any atom is -0.482 e. The van der Waals surface area contributed by atoms with Crippen molar-refractivity contribution in [3.8, 4) is 5.75 Å². The van der Waals surface area contributed by atoms with Crippen LogP contribution in [0, 0.1) is 0 Å². The first-order valence-electron chi connectivity index (χ1n) is 7.08. The molecular formula is C17H15BrClNO4. The van der Waals surface area contributed by atoms with Gasteiger partial charge in [-0.05, 0) is 35.9 Å². The van der Waals surface area contributed by atoms with Crippen molar-refractivity contribution in [2.45, 2.75) is 6.54 Å². The summed E-state index contributed by atoms with van der Waals surface area (Å²) in [5.74, 6) is -0.481. The standard InChI is InChI=1S/C17H15BrClNO4/c18-13-4-2-6-15(8-13)23-11-17(22)24-10-16(21)20-9-12-3-1-5-14(19)7-12/h1-8H,9-11H2,(H,20,21). The van der Waals surface area contributed by atoms with Crippen LogP contribution in [0.5, 0.6) is 5.75 Å². The van der Waals surface area contributed by atoms with E-state index >= 15 is 0 Å². The molecule has 5 nitrogen and oxygen atoms in total. The Morgan fingerprint density at radius 2 is 1.88 bits per heavy atom. The van der Waals surface area contributed by atoms with Gasteiger partial charge in [-0.2, -0.15) is 0 Å². The lowest BCUT2D eigenvalue weighted by molar-refractivity contribution is -0.150. The van der Waals surface area contributed by atoms with E-state index in [-0.39, 0.29) is 13.2 Å². The number of halogens is 2. The van der Waals surface area contributed by atoms with Gasteiger partial charge < -0.3 is 14.8 Å². The second-order valence-corrected chi connectivity index (χ2v) is 6.17. The highest BCUT2D eigenvalue weighted by molar-refractivity contribution is 9.10. The third kappa shape index (κ3) is 6.60. The first-order valence-corrected chi connectivity index (χ1v) is 8.25. The molecule has 2 aromatic carbocycles. The Bertz CT molecular complexity index is 662. The lowest BCUT2D eigenvalue weighted by atomic mass is 10.2. The molecule has 0 aliphatic heterocycles. The predicted octanol–water partition coefficient (Wildman–Crippen LogP) is 3.34. The summed E-state index contributed by atoms with van der Waals surface area (Å²) < 4.78 is 11.0. The molecule has 24 heavy (non-hydrogen) atoms. The Balaban J connectivity index is 1.66. The molecule has 0 aromatic heterocycles. The number of hydrogen-bond donors (Lipinski definition) is 1. The van der Waals surface area contributed by atoms with E-state index in [9.17, 15) is 9.59 Å². The average Bonchev–Trinajstić information content (AvgIpc) is 2.56. The van der Waals surface area contributed by atoms with Crippen molar-refractivity contribution < 1.29 is 19.1 Å². The largest absolute Gasteiger partial charge is 0.482 e. The van der Waals surface area contributed by atoms with Gasteiger partial charge in [-0.3, -0.25) is 4.79 Å². The molecule has 0 bridgehead atoms. The monoisotopic (exact) mass is 411 g/mol. The van der Waals surface area contributed by atoms with E-state index in [0.29, 0.717) is 17.3 Å². The van der Waals surface area contributed by atoms with Crippen LogP contribution >= 0.6 is 27.5 Å². The molecule has 0 heterocycles. The van der Waals surface area contributed by atoms with Crippen LogP contribution < -0.4 is 10.1 Å². The molecule has 0 unspecified atom stereocenters. The maximum Gasteiger partial charge on any atom is 0.344 e. The van der Waals surface area contributed by atoms with Crippen LogP contribution in [0.1, 0.15) is 5.56 Å². The quantitative estimate of drug-likeness (QED) is 0.709. The summed E-state index contributed by atoms with van der Waals surface area (Å²) in [4.78, 5) is 23.2. The maximum absolute atomic E-state index is 11.7. The second kappa shape index (κ2) is 9.30. The number of carbonyl (C=O) groups excluding carboxylic acids is 2. The van der Waals surface area contributed by atoms with E-state index in [1.165, 1.54) is 0 Å². The van der Waals surface area contributed by atoms with Crippen molar-refractivity contribution >= 4 is 39.4 Å². The summed E-state index contributed by atoms with van der Waals surface area (Å²) in [7, 11) is 0. The first kappa shape index (κ1) is 18.3. The van der Waals surface area contributed by atoms with Gasteiger partial charge in [-0.1, -0.05) is 45.7 Å². The van der Waals surface area contributed by atoms with Crippen molar-refractivity contribution in [2.24, 2.45) is 0 Å². The molecule has 0 saturated carbocycles. The molecule has 0 aliphatic carbocycles. The molecular weight excluding hydrogens is 398 g/mol. The van der Waals surface area contributed by atoms with Gasteiger partial charge in [-0.15, -0.1) is 0 Å². The summed E-state index contributed by atoms with van der Waals surface area (Å²) in [5.41, 5.74) is 0.861. The van der Waals surface area contributed by atoms with E-state index in [4.69, 9.17) is 21.1 Å². The van der Waals surface area contributed by atoms with Crippen molar-refractivity contribution in [3.05, 3.63) is 63.6 Å². The van der Waals surface area contributed by atoms with Crippen molar-refractivity contribution in [1.82, 2.24) is 5.32 Å². The molecule has 7 heteroatoms. The number of ether oxygens (including phenoxy) is 2. The Kier molecular flexibility index (Phi) is 7.08. The molecule has 0 fully saturated rings. The molecule has 0 saturated heterocycles. The van der Waals surface area contributed by atoms with E-state index in [2.05, 4.69) is 21.2 Å². The van der Waals surface area contributed by atoms with Crippen LogP contribution in [0.2, 0.25) is 5.02 Å². The highest BCUT2D eigenvalue weighted by Gasteiger charge is 2.08. The Hall–Kier alpha value is -2.05. The fraction of sp³-hybridized carbons (Fsp3) is 0.176. The fourth-order valence-electron chi connectivity index (χ4n) is 1.79. The van der Waals surface area contributed by atoms with E-state index in [1.54, 1.807) is 36.4 Å². The van der Waals surface area contributed by atoms with Crippen LogP contribution in [-0.4, -0.2) is 25.1 Å². The normalized spacial score (nSPS) is 10.1. The summed E-state index contributed by atoms with van der Waals surface area (Å²) in [6.45, 7) is -0.315. The second-order valence-electron chi connectivity index (χ2n) is 4.81. The highest BCUT2D eigenvalue weighted by Crippen LogP contribution is 2.17. The minimum absolute atomic E-state index is 0.266. The average molecular weight is 413 g/mol. The van der Waals surface area contributed by atoms with Crippen LogP contribution in [0.4, 0.5) is 0 Å². The van der Waals surface area contributed by atoms with Gasteiger partial charge in [-0.25, -0.2) is 4.79 Å². The smallest absolute Gasteiger partial charge is 0.344 e. The number of benzene rings is 2. The topological polar surface area (TPSA) is 64.6 Å². The molecule has 126 valence electrons. The molecule has 0 radical (unpaired) electrons. The van der Waals surface area contributed by atoms with Gasteiger partial charge in [0.2, 0.25) is 0 Å². The summed E-state index contributed by atoms with van der Waals surface area (Å²) >= 11 is 9.16. The van der Waals surface area contributed by atoms with Gasteiger partial charge in [0.25, 0.3) is 5.91 Å². The Morgan fingerprint density at radius 3 is 2.62 bits per heavy atom. The molecule has 2 rings (SSSR count). The van der Waals surface area contributed by atoms with Gasteiger partial charge in [0.1, 0.15) is 5.75 Å². The predicted molar refractivity (Wildman–Crippen MR) is 93.9 cm³/mol. The Morgan fingerprint density at radius 1 is 1.08 bits per heavy atom. The lowest BCUT2D eigenvalue weighted by Crippen LogP contribution is -2.29. The molecule has 1 amide bonds. The van der Waals surface area contributed by atoms with Gasteiger partial charge in [0.05, 0.1) is 0 Å². The summed E-state index contributed by atoms with van der Waals surface area (Å²) in [6.07, 6.45) is 0. The van der Waals surface area contributed by atoms with Crippen LogP contribution in [0.3, 0.4) is 0 Å². The van der Waals surface area contributed by atoms with Crippen molar-refractivity contribution in [3.63, 3.8) is 0 Å². The van der Waals surface area contributed by atoms with Crippen molar-refractivity contribution in [1.29, 1.82) is 0 Å². The lowest BCUT2D eigenvalue weighted by Gasteiger charge is -2.08. The zero-order valence-electron chi connectivity index (χ0n) is 12.6. The number of rotatable bonds is 7. The van der Waals surface area contributed by atoms with Gasteiger partial charge >= 0.3 is 5.97 Å². The molecule has 2 aromatic rings. The van der Waals surface area contributed by atoms with Crippen molar-refractivity contribution in [2.75, 3.05) is 13.2 Å². The number of carbonyl (C=O) groups is 2. The maximum atomic E-state index is 11.7. The zero-order valence-corrected chi connectivity index (χ0v) is 15.0. The summed E-state index contributed by atoms with van der Waals surface area (Å²) in [6, 6.07) is 14.2. The molecule has 0 spiro atoms. The Labute approximate surface area is 153 Å². The SMILES string of the molecule is O=C(COC(=O)COc1cccc(Br)c1)NCc1cccc(Cl)c1. The number of amides is 1. The first-order chi connectivity index (χ1) is 11.5. The minimum atomic E-state index is -0.618. The van der Waals surface area contributed by atoms with Crippen LogP contribution in [-0.2, 0) is 20.9 Å². The third-order valence-corrected chi connectivity index (χ3v) is 3.62. The molecule has 0 aliphatic rings. The third-order valence-electron chi connectivity index (χ3n) is 2.90. The zero-order chi connectivity index (χ0) is 17.4. The fourth-order valence-corrected chi connectivity index (χ4v) is 2.38. The molecule has 0 atom stereocenters. The van der Waals surface area contributed by atoms with Crippen LogP contribution in [0.15, 0.2) is 53.0 Å². The van der Waals surface area contributed by atoms with Crippen LogP contribution in [0.25, 0.3) is 0 Å². The van der Waals surface area contributed by atoms with Gasteiger partial charge in [0, 0.05) is 16.0 Å². The summed E-state index contributed by atoms with van der Waals surface area (Å²) in [5, 5.41) is 3.24. The number of esters is 1. The van der Waals surface area contributed by atoms with E-state index < -0.39 is 11.9 Å². The highest BCUT2D eigenvalue weighted by atomic mass is 79.9. The van der Waals surface area contributed by atoms with E-state index in [1.807, 2.05) is 12.1 Å². The van der Waals surface area contributed by atoms with Gasteiger partial charge in [0.15, 0.2) is 13.2 Å². The van der Waals surface area contributed by atoms with E-state index in [0.717, 1.165) is 10.0 Å². The molecule has 1 N–H and O–H groups in total. The number of hydrogen-bond acceptors (Lipinski definition) is 4.